The van der Waals surface area contributed by atoms with Gasteiger partial charge in [-0.1, -0.05) is 0 Å². The fourth-order valence-electron chi connectivity index (χ4n) is 0. The van der Waals surface area contributed by atoms with Crippen LogP contribution in [0.2, 0.25) is 0 Å². The summed E-state index contributed by atoms with van der Waals surface area (Å²) in [6.45, 7) is 0.972. The molecule has 0 aromatic heterocycles. The van der Waals surface area contributed by atoms with Crippen LogP contribution in [0.4, 0.5) is 0 Å². The van der Waals surface area contributed by atoms with Gasteiger partial charge in [0.15, 0.2) is 0 Å². The van der Waals surface area contributed by atoms with Gasteiger partial charge in [0.05, 0.1) is 0 Å². The molecule has 0 aliphatic heterocycles. The van der Waals surface area contributed by atoms with E-state index in [9.17, 15) is 0 Å². The summed E-state index contributed by atoms with van der Waals surface area (Å²) in [4.78, 5) is 8.89. The standard InChI is InChI=1S/C2H4O2.H2O.Sr/c1-2(3)4;;/h1H3,(H,3,4);1H2;/q;;+2/p-1. The first kappa shape index (κ1) is 15.8. The molecule has 0 aliphatic carbocycles. The normalized spacial score (nSPS) is 4.17. The van der Waals surface area contributed by atoms with Crippen molar-refractivity contribution in [3.05, 3.63) is 0 Å². The van der Waals surface area contributed by atoms with Crippen molar-refractivity contribution >= 4 is 51.5 Å². The molecule has 0 amide bonds. The predicted octanol–water partition coefficient (Wildman–Crippen LogP) is -2.45. The van der Waals surface area contributed by atoms with E-state index in [-0.39, 0.29) is 51.0 Å². The van der Waals surface area contributed by atoms with E-state index in [0.29, 0.717) is 0 Å². The molecule has 0 atom stereocenters. The molecule has 0 aliphatic rings. The summed E-state index contributed by atoms with van der Waals surface area (Å²) in [6, 6.07) is 0. The second kappa shape index (κ2) is 9.32. The summed E-state index contributed by atoms with van der Waals surface area (Å²) in [5, 5.41) is 8.89. The van der Waals surface area contributed by atoms with Crippen molar-refractivity contribution in [1.29, 1.82) is 0 Å². The summed E-state index contributed by atoms with van der Waals surface area (Å²) >= 11 is 0. The average Bonchev–Trinajstić information content (AvgIpc) is 0.811. The maximum Gasteiger partial charge on any atom is 2.00 e. The summed E-state index contributed by atoms with van der Waals surface area (Å²) in [5.41, 5.74) is 0. The molecule has 0 rings (SSSR count). The number of hydrogen-bond acceptors (Lipinski definition) is 2. The van der Waals surface area contributed by atoms with Gasteiger partial charge in [-0.2, -0.15) is 0 Å². The molecule has 0 saturated heterocycles. The minimum atomic E-state index is -1.08. The van der Waals surface area contributed by atoms with Gasteiger partial charge in [-0.3, -0.25) is 0 Å². The Morgan fingerprint density at radius 3 is 1.67 bits per heavy atom. The first-order valence-corrected chi connectivity index (χ1v) is 0.908. The van der Waals surface area contributed by atoms with Gasteiger partial charge in [-0.25, -0.2) is 0 Å². The predicted molar refractivity (Wildman–Crippen MR) is 20.0 cm³/mol. The monoisotopic (exact) mass is 165 g/mol. The Bertz CT molecular complexity index is 31.8. The molecule has 4 heteroatoms. The fraction of sp³-hybridized carbons (Fsp3) is 0.500. The summed E-state index contributed by atoms with van der Waals surface area (Å²) in [5.74, 6) is -1.08. The Kier molecular flexibility index (Phi) is 24.5. The third kappa shape index (κ3) is 90.6. The zero-order valence-electron chi connectivity index (χ0n) is 3.52. The maximum atomic E-state index is 8.89. The fourth-order valence-corrected chi connectivity index (χ4v) is 0. The van der Waals surface area contributed by atoms with Gasteiger partial charge in [-0.15, -0.1) is 0 Å². The Morgan fingerprint density at radius 1 is 1.67 bits per heavy atom. The smallest absolute Gasteiger partial charge is 0.550 e. The largest absolute Gasteiger partial charge is 2.00 e. The summed E-state index contributed by atoms with van der Waals surface area (Å²) < 4.78 is 0. The van der Waals surface area contributed by atoms with Gasteiger partial charge in [0.1, 0.15) is 0 Å². The van der Waals surface area contributed by atoms with Crippen LogP contribution < -0.4 is 5.11 Å². The van der Waals surface area contributed by atoms with E-state index in [1.54, 1.807) is 0 Å². The van der Waals surface area contributed by atoms with Crippen LogP contribution in [0.15, 0.2) is 0 Å². The molecular weight excluding hydrogens is 160 g/mol. The topological polar surface area (TPSA) is 71.6 Å². The summed E-state index contributed by atoms with van der Waals surface area (Å²) in [6.07, 6.45) is 0. The second-order valence-corrected chi connectivity index (χ2v) is 0.492. The molecule has 0 saturated carbocycles. The number of carboxylic acid groups (broad SMARTS) is 1. The summed E-state index contributed by atoms with van der Waals surface area (Å²) in [7, 11) is 0. The van der Waals surface area contributed by atoms with Crippen LogP contribution in [-0.4, -0.2) is 56.9 Å². The van der Waals surface area contributed by atoms with Crippen LogP contribution in [0.25, 0.3) is 0 Å². The Balaban J connectivity index is -0.0000000450. The van der Waals surface area contributed by atoms with Gasteiger partial charge in [-0.05, 0) is 6.92 Å². The van der Waals surface area contributed by atoms with Crippen molar-refractivity contribution in [2.45, 2.75) is 6.92 Å². The van der Waals surface area contributed by atoms with Crippen LogP contribution in [0.5, 0.6) is 0 Å². The molecule has 0 unspecified atom stereocenters. The van der Waals surface area contributed by atoms with E-state index in [2.05, 4.69) is 0 Å². The third-order valence-electron chi connectivity index (χ3n) is 0. The van der Waals surface area contributed by atoms with Gasteiger partial charge in [0.25, 0.3) is 0 Å². The van der Waals surface area contributed by atoms with Crippen molar-refractivity contribution in [3.8, 4) is 0 Å². The molecule has 0 heterocycles. The van der Waals surface area contributed by atoms with E-state index in [0.717, 1.165) is 6.92 Å². The molecule has 0 spiro atoms. The third-order valence-corrected chi connectivity index (χ3v) is 0. The number of carboxylic acids is 1. The number of aliphatic carboxylic acids is 1. The number of hydrogen-bond donors (Lipinski definition) is 0. The van der Waals surface area contributed by atoms with E-state index >= 15 is 0 Å². The van der Waals surface area contributed by atoms with Gasteiger partial charge in [0, 0.05) is 5.97 Å². The van der Waals surface area contributed by atoms with Crippen LogP contribution in [-0.2, 0) is 4.79 Å². The van der Waals surface area contributed by atoms with Crippen LogP contribution in [0.1, 0.15) is 6.92 Å². The quantitative estimate of drug-likeness (QED) is 0.373. The molecule has 0 aromatic carbocycles. The molecule has 0 radical (unpaired) electrons. The Morgan fingerprint density at radius 2 is 1.67 bits per heavy atom. The van der Waals surface area contributed by atoms with Crippen molar-refractivity contribution in [2.75, 3.05) is 0 Å². The average molecular weight is 165 g/mol. The Labute approximate surface area is 72.9 Å². The molecule has 32 valence electrons. The zero-order valence-corrected chi connectivity index (χ0v) is 7.00. The molecule has 0 bridgehead atoms. The SMILES string of the molecule is CC(=O)[O-].O.[Sr+2]. The maximum absolute atomic E-state index is 8.89. The molecule has 2 N–H and O–H groups in total. The molecule has 3 nitrogen and oxygen atoms in total. The Hall–Kier alpha value is 0.911. The molecule has 0 fully saturated rings. The van der Waals surface area contributed by atoms with Gasteiger partial charge in [0.2, 0.25) is 0 Å². The first-order chi connectivity index (χ1) is 1.73. The number of rotatable bonds is 0. The van der Waals surface area contributed by atoms with Gasteiger partial charge < -0.3 is 15.4 Å². The molecule has 6 heavy (non-hydrogen) atoms. The molecular formula is C2H5O3Sr+. The molecule has 0 aromatic rings. The number of carbonyl (C=O) groups excluding carboxylic acids is 1. The van der Waals surface area contributed by atoms with Crippen LogP contribution in [0, 0.1) is 0 Å². The number of carbonyl (C=O) groups is 1. The van der Waals surface area contributed by atoms with E-state index in [4.69, 9.17) is 9.90 Å². The van der Waals surface area contributed by atoms with Crippen LogP contribution in [0.3, 0.4) is 0 Å². The van der Waals surface area contributed by atoms with E-state index < -0.39 is 5.97 Å². The van der Waals surface area contributed by atoms with Crippen molar-refractivity contribution < 1.29 is 15.4 Å². The van der Waals surface area contributed by atoms with E-state index in [1.165, 1.54) is 0 Å². The van der Waals surface area contributed by atoms with E-state index in [1.807, 2.05) is 0 Å². The van der Waals surface area contributed by atoms with Crippen molar-refractivity contribution in [2.24, 2.45) is 0 Å². The van der Waals surface area contributed by atoms with Crippen LogP contribution >= 0.6 is 0 Å². The minimum Gasteiger partial charge on any atom is -0.550 e. The van der Waals surface area contributed by atoms with Crippen molar-refractivity contribution in [3.63, 3.8) is 0 Å². The van der Waals surface area contributed by atoms with Crippen molar-refractivity contribution in [1.82, 2.24) is 0 Å². The second-order valence-electron chi connectivity index (χ2n) is 0.492. The first-order valence-electron chi connectivity index (χ1n) is 0.908. The minimum absolute atomic E-state index is 0. The van der Waals surface area contributed by atoms with Gasteiger partial charge >= 0.3 is 45.5 Å². The zero-order chi connectivity index (χ0) is 3.58.